The molecule has 0 unspecified atom stereocenters. The first-order valence-electron chi connectivity index (χ1n) is 13.9. The number of esters is 1. The minimum atomic E-state index is -1.18. The summed E-state index contributed by atoms with van der Waals surface area (Å²) in [7, 11) is 0. The van der Waals surface area contributed by atoms with Gasteiger partial charge in [0.1, 0.15) is 12.7 Å². The zero-order valence-electron chi connectivity index (χ0n) is 22.2. The van der Waals surface area contributed by atoms with Crippen LogP contribution in [-0.2, 0) is 27.3 Å². The summed E-state index contributed by atoms with van der Waals surface area (Å²) in [6.07, 6.45) is 4.49. The predicted molar refractivity (Wildman–Crippen MR) is 144 cm³/mol. The van der Waals surface area contributed by atoms with Crippen LogP contribution in [0.2, 0.25) is 0 Å². The van der Waals surface area contributed by atoms with Crippen molar-refractivity contribution in [2.24, 2.45) is 5.41 Å². The third-order valence-corrected chi connectivity index (χ3v) is 8.04. The second-order valence-electron chi connectivity index (χ2n) is 10.7. The van der Waals surface area contributed by atoms with Gasteiger partial charge in [-0.2, -0.15) is 0 Å². The van der Waals surface area contributed by atoms with E-state index in [1.54, 1.807) is 6.20 Å². The fraction of sp³-hybridized carbons (Fsp3) is 0.567. The minimum Gasteiger partial charge on any atom is -0.462 e. The number of benzene rings is 1. The highest BCUT2D eigenvalue weighted by atomic mass is 16.5. The van der Waals surface area contributed by atoms with Crippen molar-refractivity contribution in [3.8, 4) is 0 Å². The van der Waals surface area contributed by atoms with Crippen LogP contribution in [0.5, 0.6) is 0 Å². The molecule has 38 heavy (non-hydrogen) atoms. The quantitative estimate of drug-likeness (QED) is 0.581. The zero-order chi connectivity index (χ0) is 26.8. The number of piperidine rings is 1. The van der Waals surface area contributed by atoms with E-state index in [1.807, 2.05) is 53.4 Å². The number of carbonyl (C=O) groups excluding carboxylic acids is 2. The Labute approximate surface area is 225 Å². The first kappa shape index (κ1) is 28.2. The molecule has 2 N–H and O–H groups in total. The zero-order valence-corrected chi connectivity index (χ0v) is 22.2. The number of amides is 1. The van der Waals surface area contributed by atoms with Crippen LogP contribution in [0, 0.1) is 5.41 Å². The molecule has 0 radical (unpaired) electrons. The van der Waals surface area contributed by atoms with Gasteiger partial charge in [0.2, 0.25) is 5.91 Å². The Bertz CT molecular complexity index is 1010. The highest BCUT2D eigenvalue weighted by molar-refractivity contribution is 5.77. The molecule has 2 atom stereocenters. The van der Waals surface area contributed by atoms with Crippen molar-refractivity contribution in [1.82, 2.24) is 14.8 Å². The molecule has 2 aliphatic heterocycles. The van der Waals surface area contributed by atoms with E-state index in [2.05, 4.69) is 9.88 Å². The first-order chi connectivity index (χ1) is 18.4. The molecular weight excluding hydrogens is 482 g/mol. The van der Waals surface area contributed by atoms with Gasteiger partial charge in [-0.05, 0) is 69.3 Å². The van der Waals surface area contributed by atoms with E-state index < -0.39 is 17.6 Å². The first-order valence-corrected chi connectivity index (χ1v) is 13.9. The molecule has 3 heterocycles. The van der Waals surface area contributed by atoms with E-state index in [4.69, 9.17) is 4.74 Å². The Hall–Kier alpha value is -2.81. The molecule has 2 aromatic rings. The SMILES string of the molecule is O=C(CCc1ccccc1)N1CCCCC2(CCN(Cc3ccccn3)CC2)C(=O)OC[C@@H](O)[C@@H](O)CC1. The molecule has 2 saturated heterocycles. The number of cyclic esters (lactones) is 1. The van der Waals surface area contributed by atoms with Crippen molar-refractivity contribution in [1.29, 1.82) is 0 Å². The van der Waals surface area contributed by atoms with E-state index in [1.165, 1.54) is 0 Å². The molecule has 1 spiro atoms. The number of aromatic nitrogens is 1. The lowest BCUT2D eigenvalue weighted by molar-refractivity contribution is -0.165. The molecule has 1 aromatic heterocycles. The summed E-state index contributed by atoms with van der Waals surface area (Å²) in [6, 6.07) is 15.8. The molecule has 8 heteroatoms. The van der Waals surface area contributed by atoms with Gasteiger partial charge in [0.15, 0.2) is 0 Å². The number of hydrogen-bond donors (Lipinski definition) is 2. The van der Waals surface area contributed by atoms with E-state index in [-0.39, 0.29) is 24.9 Å². The van der Waals surface area contributed by atoms with Crippen LogP contribution >= 0.6 is 0 Å². The third-order valence-electron chi connectivity index (χ3n) is 8.04. The van der Waals surface area contributed by atoms with E-state index >= 15 is 0 Å². The number of carbonyl (C=O) groups is 2. The maximum Gasteiger partial charge on any atom is 0.312 e. The Balaban J connectivity index is 1.37. The minimum absolute atomic E-state index is 0.0512. The number of pyridine rings is 1. The normalized spacial score (nSPS) is 23.6. The van der Waals surface area contributed by atoms with Gasteiger partial charge in [-0.25, -0.2) is 0 Å². The van der Waals surface area contributed by atoms with Gasteiger partial charge in [0.05, 0.1) is 17.2 Å². The molecule has 4 rings (SSSR count). The summed E-state index contributed by atoms with van der Waals surface area (Å²) in [6.45, 7) is 2.99. The summed E-state index contributed by atoms with van der Waals surface area (Å²) >= 11 is 0. The van der Waals surface area contributed by atoms with Crippen molar-refractivity contribution in [3.05, 3.63) is 66.0 Å². The number of rotatable bonds is 5. The van der Waals surface area contributed by atoms with Crippen molar-refractivity contribution < 1.29 is 24.5 Å². The molecule has 2 aliphatic rings. The van der Waals surface area contributed by atoms with Gasteiger partial charge in [-0.3, -0.25) is 19.5 Å². The predicted octanol–water partition coefficient (Wildman–Crippen LogP) is 2.96. The number of aryl methyl sites for hydroxylation is 1. The maximum atomic E-state index is 13.3. The molecular formula is C30H41N3O5. The number of aliphatic hydroxyl groups is 2. The Morgan fingerprint density at radius 2 is 1.71 bits per heavy atom. The summed E-state index contributed by atoms with van der Waals surface area (Å²) in [5.41, 5.74) is 1.52. The number of ether oxygens (including phenoxy) is 1. The standard InChI is InChI=1S/C30H41N3O5/c34-26-13-19-33(28(36)12-11-24-8-2-1-3-9-24)18-7-5-14-30(29(37)38-23-27(26)35)15-20-32(21-16-30)22-25-10-4-6-17-31-25/h1-4,6,8-10,17,26-27,34-35H,5,7,11-16,18-23H2/t26-,27+/m0/s1. The van der Waals surface area contributed by atoms with Crippen LogP contribution in [0.25, 0.3) is 0 Å². The van der Waals surface area contributed by atoms with Crippen molar-refractivity contribution >= 4 is 11.9 Å². The van der Waals surface area contributed by atoms with E-state index in [0.717, 1.165) is 43.7 Å². The fourth-order valence-corrected chi connectivity index (χ4v) is 5.50. The molecule has 1 amide bonds. The summed E-state index contributed by atoms with van der Waals surface area (Å²) in [5, 5.41) is 21.0. The molecule has 0 aliphatic carbocycles. The second-order valence-corrected chi connectivity index (χ2v) is 10.7. The lowest BCUT2D eigenvalue weighted by atomic mass is 9.74. The number of nitrogens with zero attached hydrogens (tertiary/aromatic N) is 3. The second kappa shape index (κ2) is 13.8. The Kier molecular flexibility index (Phi) is 10.3. The van der Waals surface area contributed by atoms with Crippen molar-refractivity contribution in [3.63, 3.8) is 0 Å². The highest BCUT2D eigenvalue weighted by Gasteiger charge is 2.42. The van der Waals surface area contributed by atoms with Crippen molar-refractivity contribution in [2.45, 2.75) is 70.1 Å². The van der Waals surface area contributed by atoms with E-state index in [0.29, 0.717) is 45.2 Å². The highest BCUT2D eigenvalue weighted by Crippen LogP contribution is 2.38. The van der Waals surface area contributed by atoms with Gasteiger partial charge in [-0.1, -0.05) is 42.8 Å². The summed E-state index contributed by atoms with van der Waals surface area (Å²) in [4.78, 5) is 34.9. The van der Waals surface area contributed by atoms with Crippen LogP contribution in [0.3, 0.4) is 0 Å². The summed E-state index contributed by atoms with van der Waals surface area (Å²) < 4.78 is 5.59. The van der Waals surface area contributed by atoms with Crippen LogP contribution in [0.15, 0.2) is 54.7 Å². The van der Waals surface area contributed by atoms with Crippen LogP contribution in [0.1, 0.15) is 56.2 Å². The molecule has 206 valence electrons. The average Bonchev–Trinajstić information content (AvgIpc) is 2.96. The van der Waals surface area contributed by atoms with Gasteiger partial charge in [0.25, 0.3) is 0 Å². The maximum absolute atomic E-state index is 13.3. The Morgan fingerprint density at radius 3 is 2.45 bits per heavy atom. The monoisotopic (exact) mass is 523 g/mol. The Morgan fingerprint density at radius 1 is 0.947 bits per heavy atom. The largest absolute Gasteiger partial charge is 0.462 e. The molecule has 0 saturated carbocycles. The lowest BCUT2D eigenvalue weighted by Gasteiger charge is -2.40. The van der Waals surface area contributed by atoms with Gasteiger partial charge in [0, 0.05) is 32.3 Å². The van der Waals surface area contributed by atoms with E-state index in [9.17, 15) is 19.8 Å². The average molecular weight is 524 g/mol. The topological polar surface area (TPSA) is 103 Å². The molecule has 8 nitrogen and oxygen atoms in total. The van der Waals surface area contributed by atoms with Gasteiger partial charge >= 0.3 is 5.97 Å². The number of hydrogen-bond acceptors (Lipinski definition) is 7. The van der Waals surface area contributed by atoms with Gasteiger partial charge in [-0.15, -0.1) is 0 Å². The van der Waals surface area contributed by atoms with Crippen molar-refractivity contribution in [2.75, 3.05) is 32.8 Å². The summed E-state index contributed by atoms with van der Waals surface area (Å²) in [5.74, 6) is -0.230. The van der Waals surface area contributed by atoms with Gasteiger partial charge < -0.3 is 19.8 Å². The van der Waals surface area contributed by atoms with Crippen LogP contribution in [-0.4, -0.2) is 81.9 Å². The molecule has 0 bridgehead atoms. The number of likely N-dealkylation sites (tertiary alicyclic amines) is 1. The lowest BCUT2D eigenvalue weighted by Crippen LogP contribution is -2.46. The third kappa shape index (κ3) is 7.85. The molecule has 2 fully saturated rings. The van der Waals surface area contributed by atoms with Crippen LogP contribution in [0.4, 0.5) is 0 Å². The molecule has 1 aromatic carbocycles. The van der Waals surface area contributed by atoms with Crippen LogP contribution < -0.4 is 0 Å². The smallest absolute Gasteiger partial charge is 0.312 e. The fourth-order valence-electron chi connectivity index (χ4n) is 5.50. The number of aliphatic hydroxyl groups excluding tert-OH is 2.